The van der Waals surface area contributed by atoms with Gasteiger partial charge in [-0.3, -0.25) is 14.4 Å². The van der Waals surface area contributed by atoms with Crippen molar-refractivity contribution >= 4 is 79.6 Å². The molecule has 0 unspecified atom stereocenters. The molecule has 52 heavy (non-hydrogen) atoms. The van der Waals surface area contributed by atoms with E-state index in [-0.39, 0.29) is 39.8 Å². The lowest BCUT2D eigenvalue weighted by Gasteiger charge is -2.12. The third kappa shape index (κ3) is 5.62. The summed E-state index contributed by atoms with van der Waals surface area (Å²) in [6.07, 6.45) is 0.560. The van der Waals surface area contributed by atoms with Crippen molar-refractivity contribution < 1.29 is 24.6 Å². The number of carbonyl (C=O) groups is 3. The van der Waals surface area contributed by atoms with Crippen LogP contribution in [-0.4, -0.2) is 28.2 Å². The first kappa shape index (κ1) is 32.2. The number of aldehydes is 1. The molecule has 0 spiro atoms. The maximum atomic E-state index is 13.7. The highest BCUT2D eigenvalue weighted by molar-refractivity contribution is 6.34. The second kappa shape index (κ2) is 13.0. The predicted molar refractivity (Wildman–Crippen MR) is 200 cm³/mol. The van der Waals surface area contributed by atoms with Gasteiger partial charge in [-0.25, -0.2) is 0 Å². The van der Waals surface area contributed by atoms with Crippen LogP contribution >= 0.6 is 11.6 Å². The van der Waals surface area contributed by atoms with Crippen molar-refractivity contribution in [3.63, 3.8) is 0 Å². The van der Waals surface area contributed by atoms with E-state index in [4.69, 9.17) is 11.6 Å². The van der Waals surface area contributed by atoms with Crippen molar-refractivity contribution in [2.45, 2.75) is 0 Å². The number of aromatic hydroxyl groups is 2. The minimum atomic E-state index is -0.577. The van der Waals surface area contributed by atoms with E-state index < -0.39 is 5.91 Å². The summed E-state index contributed by atoms with van der Waals surface area (Å²) >= 11 is 6.23. The van der Waals surface area contributed by atoms with Crippen LogP contribution in [0.5, 0.6) is 11.5 Å². The average molecular weight is 702 g/mol. The topological polar surface area (TPSA) is 153 Å². The summed E-state index contributed by atoms with van der Waals surface area (Å²) in [5.41, 5.74) is 3.67. The molecule has 0 saturated heterocycles. The number of hydrogen-bond acceptors (Lipinski definition) is 9. The minimum Gasteiger partial charge on any atom is -0.505 e. The van der Waals surface area contributed by atoms with Gasteiger partial charge in [0.1, 0.15) is 11.4 Å². The van der Waals surface area contributed by atoms with E-state index in [9.17, 15) is 24.6 Å². The molecule has 0 radical (unpaired) electrons. The number of benzene rings is 7. The number of ketones is 1. The highest BCUT2D eigenvalue weighted by Crippen LogP contribution is 2.43. The quantitative estimate of drug-likeness (QED) is 0.111. The smallest absolute Gasteiger partial charge is 0.259 e. The normalized spacial score (nSPS) is 12.1. The zero-order valence-corrected chi connectivity index (χ0v) is 27.7. The van der Waals surface area contributed by atoms with Crippen LogP contribution in [0.25, 0.3) is 32.7 Å². The van der Waals surface area contributed by atoms with Crippen molar-refractivity contribution in [3.8, 4) is 22.6 Å². The van der Waals surface area contributed by atoms with Gasteiger partial charge in [0.15, 0.2) is 23.6 Å². The molecule has 1 aliphatic carbocycles. The average Bonchev–Trinajstić information content (AvgIpc) is 3.44. The van der Waals surface area contributed by atoms with Gasteiger partial charge in [0.2, 0.25) is 0 Å². The summed E-state index contributed by atoms with van der Waals surface area (Å²) in [5, 5.41) is 45.0. The van der Waals surface area contributed by atoms with Gasteiger partial charge in [-0.05, 0) is 70.4 Å². The van der Waals surface area contributed by atoms with Crippen LogP contribution < -0.4 is 5.32 Å². The number of halogens is 1. The van der Waals surface area contributed by atoms with Crippen LogP contribution in [-0.2, 0) is 0 Å². The summed E-state index contributed by atoms with van der Waals surface area (Å²) < 4.78 is 0. The summed E-state index contributed by atoms with van der Waals surface area (Å²) in [4.78, 5) is 38.5. The van der Waals surface area contributed by atoms with E-state index in [1.807, 2.05) is 18.2 Å². The highest BCUT2D eigenvalue weighted by atomic mass is 35.5. The minimum absolute atomic E-state index is 0.0139. The number of nitrogens with one attached hydrogen (secondary N) is 1. The fraction of sp³-hybridized carbons (Fsp3) is 0. The molecule has 10 nitrogen and oxygen atoms in total. The fourth-order valence-electron chi connectivity index (χ4n) is 6.27. The predicted octanol–water partition coefficient (Wildman–Crippen LogP) is 11.2. The molecule has 0 bridgehead atoms. The molecule has 0 heterocycles. The first-order valence-corrected chi connectivity index (χ1v) is 16.4. The maximum Gasteiger partial charge on any atom is 0.259 e. The Hall–Kier alpha value is -7.04. The van der Waals surface area contributed by atoms with Crippen molar-refractivity contribution in [2.24, 2.45) is 20.5 Å². The number of amides is 1. The van der Waals surface area contributed by atoms with Gasteiger partial charge in [0, 0.05) is 21.9 Å². The zero-order valence-electron chi connectivity index (χ0n) is 26.9. The van der Waals surface area contributed by atoms with Crippen LogP contribution in [0, 0.1) is 0 Å². The van der Waals surface area contributed by atoms with Crippen LogP contribution in [0.2, 0.25) is 5.02 Å². The first-order valence-electron chi connectivity index (χ1n) is 16.0. The molecule has 3 N–H and O–H groups in total. The second-order valence-corrected chi connectivity index (χ2v) is 12.4. The number of carbonyl (C=O) groups excluding carboxylic acids is 3. The summed E-state index contributed by atoms with van der Waals surface area (Å²) in [6.45, 7) is 0. The van der Waals surface area contributed by atoms with E-state index >= 15 is 0 Å². The lowest BCUT2D eigenvalue weighted by molar-refractivity contribution is 0.102. The van der Waals surface area contributed by atoms with Gasteiger partial charge in [-0.2, -0.15) is 10.2 Å². The number of para-hydroxylation sites is 1. The van der Waals surface area contributed by atoms with Crippen molar-refractivity contribution in [2.75, 3.05) is 5.32 Å². The molecule has 11 heteroatoms. The van der Waals surface area contributed by atoms with Crippen LogP contribution in [0.4, 0.5) is 28.4 Å². The molecular formula is C41H24ClN5O5. The second-order valence-electron chi connectivity index (χ2n) is 12.0. The molecule has 250 valence electrons. The molecule has 0 aromatic heterocycles. The molecule has 0 atom stereocenters. The third-order valence-corrected chi connectivity index (χ3v) is 9.16. The summed E-state index contributed by atoms with van der Waals surface area (Å²) in [7, 11) is 0. The summed E-state index contributed by atoms with van der Waals surface area (Å²) in [5.74, 6) is -1.47. The Morgan fingerprint density at radius 1 is 0.615 bits per heavy atom. The molecule has 0 aliphatic heterocycles. The molecule has 8 rings (SSSR count). The monoisotopic (exact) mass is 701 g/mol. The van der Waals surface area contributed by atoms with E-state index in [1.165, 1.54) is 0 Å². The number of phenolic OH excluding ortho intramolecular Hbond substituents is 2. The largest absolute Gasteiger partial charge is 0.505 e. The van der Waals surface area contributed by atoms with Gasteiger partial charge < -0.3 is 15.5 Å². The van der Waals surface area contributed by atoms with Gasteiger partial charge in [0.25, 0.3) is 5.91 Å². The molecule has 7 aromatic rings. The number of hydrogen-bond donors (Lipinski definition) is 3. The Morgan fingerprint density at radius 3 is 1.75 bits per heavy atom. The molecule has 1 amide bonds. The van der Waals surface area contributed by atoms with Crippen LogP contribution in [0.3, 0.4) is 0 Å². The Morgan fingerprint density at radius 2 is 1.15 bits per heavy atom. The molecule has 0 fully saturated rings. The highest BCUT2D eigenvalue weighted by Gasteiger charge is 2.27. The van der Waals surface area contributed by atoms with E-state index in [1.54, 1.807) is 103 Å². The Balaban J connectivity index is 1.09. The lowest BCUT2D eigenvalue weighted by atomic mass is 10.0. The van der Waals surface area contributed by atoms with Gasteiger partial charge in [-0.1, -0.05) is 84.4 Å². The zero-order chi connectivity index (χ0) is 35.9. The Kier molecular flexibility index (Phi) is 8.05. The maximum absolute atomic E-state index is 13.7. The van der Waals surface area contributed by atoms with Crippen LogP contribution in [0.1, 0.15) is 36.6 Å². The van der Waals surface area contributed by atoms with Gasteiger partial charge >= 0.3 is 0 Å². The SMILES string of the molecule is O=Cc1cc2ccccc2c(N=Nc2ccc3c(c2)C(=O)c2cc(N=Nc4c(O)c(C(=O)Nc5ccccc5Cl)cc5ccccc45)ccc2-3)c1O. The first-order chi connectivity index (χ1) is 25.3. The number of azo groups is 2. The lowest BCUT2D eigenvalue weighted by Crippen LogP contribution is -2.12. The van der Waals surface area contributed by atoms with Gasteiger partial charge in [0.05, 0.1) is 33.2 Å². The molecule has 0 saturated carbocycles. The number of phenols is 2. The Bertz CT molecular complexity index is 2720. The number of nitrogens with zero attached hydrogens (tertiary/aromatic N) is 4. The number of rotatable bonds is 7. The number of anilines is 1. The van der Waals surface area contributed by atoms with E-state index in [0.717, 1.165) is 5.39 Å². The van der Waals surface area contributed by atoms with E-state index in [0.29, 0.717) is 66.8 Å². The van der Waals surface area contributed by atoms with E-state index in [2.05, 4.69) is 25.8 Å². The molecule has 1 aliphatic rings. The van der Waals surface area contributed by atoms with Crippen LogP contribution in [0.15, 0.2) is 142 Å². The number of fused-ring (bicyclic) bond motifs is 5. The van der Waals surface area contributed by atoms with Gasteiger partial charge in [-0.15, -0.1) is 10.2 Å². The molecule has 7 aromatic carbocycles. The summed E-state index contributed by atoms with van der Waals surface area (Å²) in [6, 6.07) is 34.5. The fourth-order valence-corrected chi connectivity index (χ4v) is 6.45. The van der Waals surface area contributed by atoms with Crippen molar-refractivity contribution in [1.82, 2.24) is 0 Å². The Labute approximate surface area is 300 Å². The van der Waals surface area contributed by atoms with Crippen molar-refractivity contribution in [3.05, 3.63) is 149 Å². The molecular weight excluding hydrogens is 678 g/mol. The third-order valence-electron chi connectivity index (χ3n) is 8.83. The van der Waals surface area contributed by atoms with Crippen molar-refractivity contribution in [1.29, 1.82) is 0 Å². The standard InChI is InChI=1S/C41H24ClN5O5/c42-34-11-5-6-12-35(34)43-41(52)33-18-23-8-2-4-10-28(23)37(40(33)51)47-45-26-14-16-30-29-15-13-25(19-31(29)39(50)32(30)20-26)44-46-36-27-9-3-1-7-22(27)17-24(21-48)38(36)49/h1-21,49,51H,(H,43,52).